The van der Waals surface area contributed by atoms with Gasteiger partial charge >= 0.3 is 6.18 Å². The van der Waals surface area contributed by atoms with Crippen molar-refractivity contribution in [1.82, 2.24) is 14.5 Å². The second kappa shape index (κ2) is 7.99. The van der Waals surface area contributed by atoms with Gasteiger partial charge in [-0.15, -0.1) is 0 Å². The van der Waals surface area contributed by atoms with Crippen LogP contribution < -0.4 is 21.5 Å². The number of anilines is 3. The Morgan fingerprint density at radius 3 is 2.47 bits per heavy atom. The van der Waals surface area contributed by atoms with Crippen molar-refractivity contribution in [3.8, 4) is 0 Å². The van der Waals surface area contributed by atoms with Crippen molar-refractivity contribution < 1.29 is 13.2 Å². The van der Waals surface area contributed by atoms with Gasteiger partial charge in [0.05, 0.1) is 17.0 Å². The largest absolute Gasteiger partial charge is 0.416 e. The lowest BCUT2D eigenvalue weighted by Gasteiger charge is -2.21. The molecule has 0 spiro atoms. The molecule has 1 atom stereocenters. The third-order valence-electron chi connectivity index (χ3n) is 5.76. The fourth-order valence-corrected chi connectivity index (χ4v) is 4.09. The monoisotopic (exact) mass is 446 g/mol. The van der Waals surface area contributed by atoms with Crippen LogP contribution in [0.4, 0.5) is 30.4 Å². The summed E-state index contributed by atoms with van der Waals surface area (Å²) in [4.78, 5) is 23.9. The van der Waals surface area contributed by atoms with Crippen LogP contribution in [0.2, 0.25) is 0 Å². The Bertz CT molecular complexity index is 1230. The fourth-order valence-electron chi connectivity index (χ4n) is 4.09. The van der Waals surface area contributed by atoms with Crippen molar-refractivity contribution >= 4 is 28.2 Å². The molecule has 3 heterocycles. The molecule has 7 nitrogen and oxygen atoms in total. The molecule has 10 heteroatoms. The maximum atomic E-state index is 13.2. The highest BCUT2D eigenvalue weighted by Crippen LogP contribution is 2.34. The van der Waals surface area contributed by atoms with E-state index in [4.69, 9.17) is 5.73 Å². The summed E-state index contributed by atoms with van der Waals surface area (Å²) in [5, 5.41) is 3.84. The zero-order valence-corrected chi connectivity index (χ0v) is 18.1. The van der Waals surface area contributed by atoms with Gasteiger partial charge in [-0.05, 0) is 56.5 Å². The van der Waals surface area contributed by atoms with Gasteiger partial charge in [-0.3, -0.25) is 9.36 Å². The molecule has 1 aliphatic rings. The Morgan fingerprint density at radius 1 is 1.12 bits per heavy atom. The molecule has 1 saturated heterocycles. The molecule has 0 unspecified atom stereocenters. The third-order valence-corrected chi connectivity index (χ3v) is 5.76. The molecular formula is C22H25F3N6O. The number of alkyl halides is 3. The first-order valence-corrected chi connectivity index (χ1v) is 10.4. The molecule has 1 fully saturated rings. The summed E-state index contributed by atoms with van der Waals surface area (Å²) in [5.74, 6) is 0.895. The molecule has 3 aromatic rings. The standard InChI is InChI=1S/C22H25F3N6O/c1-12(14-8-15(22(23,24)25)10-16(26)9-14)27-19-17-11-18(31-6-4-5-7-31)21(32)30(3)20(17)29-13(2)28-19/h8-12H,4-7,26H2,1-3H3,(H,27,28,29)/t12-/m1/s1. The number of benzene rings is 1. The van der Waals surface area contributed by atoms with Gasteiger partial charge in [-0.1, -0.05) is 0 Å². The summed E-state index contributed by atoms with van der Waals surface area (Å²) >= 11 is 0. The van der Waals surface area contributed by atoms with Gasteiger partial charge in [0, 0.05) is 25.8 Å². The number of hydrogen-bond donors (Lipinski definition) is 2. The number of halogens is 3. The molecule has 0 amide bonds. The van der Waals surface area contributed by atoms with Gasteiger partial charge in [-0.25, -0.2) is 9.97 Å². The average molecular weight is 446 g/mol. The number of fused-ring (bicyclic) bond motifs is 1. The molecular weight excluding hydrogens is 421 g/mol. The van der Waals surface area contributed by atoms with Gasteiger partial charge in [0.1, 0.15) is 23.0 Å². The average Bonchev–Trinajstić information content (AvgIpc) is 3.24. The van der Waals surface area contributed by atoms with Gasteiger partial charge < -0.3 is 16.0 Å². The summed E-state index contributed by atoms with van der Waals surface area (Å²) in [5.41, 5.74) is 6.24. The Morgan fingerprint density at radius 2 is 1.81 bits per heavy atom. The topological polar surface area (TPSA) is 89.1 Å². The molecule has 4 rings (SSSR count). The van der Waals surface area contributed by atoms with E-state index in [1.165, 1.54) is 10.6 Å². The van der Waals surface area contributed by atoms with Gasteiger partial charge in [0.2, 0.25) is 0 Å². The highest BCUT2D eigenvalue weighted by molar-refractivity contribution is 5.89. The summed E-state index contributed by atoms with van der Waals surface area (Å²) in [7, 11) is 1.66. The van der Waals surface area contributed by atoms with E-state index in [1.807, 2.05) is 4.90 Å². The lowest BCUT2D eigenvalue weighted by atomic mass is 10.0. The van der Waals surface area contributed by atoms with Crippen molar-refractivity contribution in [2.45, 2.75) is 38.9 Å². The second-order valence-corrected chi connectivity index (χ2v) is 8.20. The minimum absolute atomic E-state index is 0.0333. The number of nitrogens with two attached hydrogens (primary N) is 1. The van der Waals surface area contributed by atoms with Gasteiger partial charge in [0.25, 0.3) is 5.56 Å². The fraction of sp³-hybridized carbons (Fsp3) is 0.409. The SMILES string of the molecule is Cc1nc(N[C@H](C)c2cc(N)cc(C(F)(F)F)c2)c2cc(N3CCCC3)c(=O)n(C)c2n1. The van der Waals surface area contributed by atoms with Crippen molar-refractivity contribution in [3.63, 3.8) is 0 Å². The normalized spacial score (nSPS) is 15.4. The highest BCUT2D eigenvalue weighted by atomic mass is 19.4. The van der Waals surface area contributed by atoms with E-state index in [-0.39, 0.29) is 11.2 Å². The van der Waals surface area contributed by atoms with Crippen LogP contribution in [0.15, 0.2) is 29.1 Å². The molecule has 0 saturated carbocycles. The van der Waals surface area contributed by atoms with E-state index >= 15 is 0 Å². The smallest absolute Gasteiger partial charge is 0.399 e. The van der Waals surface area contributed by atoms with Crippen LogP contribution in [0.5, 0.6) is 0 Å². The minimum Gasteiger partial charge on any atom is -0.399 e. The number of pyridine rings is 1. The predicted molar refractivity (Wildman–Crippen MR) is 119 cm³/mol. The molecule has 3 N–H and O–H groups in total. The van der Waals surface area contributed by atoms with Crippen molar-refractivity contribution in [1.29, 1.82) is 0 Å². The maximum Gasteiger partial charge on any atom is 0.416 e. The van der Waals surface area contributed by atoms with Crippen LogP contribution in [0.1, 0.15) is 42.8 Å². The van der Waals surface area contributed by atoms with Crippen LogP contribution in [0.25, 0.3) is 11.0 Å². The van der Waals surface area contributed by atoms with Crippen molar-refractivity contribution in [2.24, 2.45) is 7.05 Å². The molecule has 1 aromatic carbocycles. The Balaban J connectivity index is 1.79. The Labute approximate surface area is 183 Å². The summed E-state index contributed by atoms with van der Waals surface area (Å²) in [6.07, 6.45) is -2.46. The molecule has 1 aliphatic heterocycles. The van der Waals surface area contributed by atoms with Crippen LogP contribution in [-0.2, 0) is 13.2 Å². The maximum absolute atomic E-state index is 13.2. The van der Waals surface area contributed by atoms with E-state index in [1.54, 1.807) is 27.0 Å². The Hall–Kier alpha value is -3.30. The van der Waals surface area contributed by atoms with E-state index in [0.29, 0.717) is 33.9 Å². The lowest BCUT2D eigenvalue weighted by Crippen LogP contribution is -2.29. The highest BCUT2D eigenvalue weighted by Gasteiger charge is 2.31. The quantitative estimate of drug-likeness (QED) is 0.589. The first-order valence-electron chi connectivity index (χ1n) is 10.4. The summed E-state index contributed by atoms with van der Waals surface area (Å²) < 4.78 is 41.2. The molecule has 0 radical (unpaired) electrons. The molecule has 2 aromatic heterocycles. The van der Waals surface area contributed by atoms with Gasteiger partial charge in [-0.2, -0.15) is 13.2 Å². The first kappa shape index (κ1) is 21.9. The number of rotatable bonds is 4. The second-order valence-electron chi connectivity index (χ2n) is 8.20. The zero-order valence-electron chi connectivity index (χ0n) is 18.1. The predicted octanol–water partition coefficient (Wildman–Crippen LogP) is 4.01. The van der Waals surface area contributed by atoms with Crippen LogP contribution >= 0.6 is 0 Å². The van der Waals surface area contributed by atoms with E-state index in [9.17, 15) is 18.0 Å². The summed E-state index contributed by atoms with van der Waals surface area (Å²) in [6.45, 7) is 5.05. The molecule has 32 heavy (non-hydrogen) atoms. The number of aryl methyl sites for hydroxylation is 2. The number of aromatic nitrogens is 3. The van der Waals surface area contributed by atoms with Crippen LogP contribution in [0.3, 0.4) is 0 Å². The summed E-state index contributed by atoms with van der Waals surface area (Å²) in [6, 6.07) is 4.75. The minimum atomic E-state index is -4.50. The van der Waals surface area contributed by atoms with Crippen molar-refractivity contribution in [2.75, 3.05) is 29.0 Å². The Kier molecular flexibility index (Phi) is 5.47. The number of nitrogens with zero attached hydrogens (tertiary/aromatic N) is 4. The number of hydrogen-bond acceptors (Lipinski definition) is 6. The van der Waals surface area contributed by atoms with Crippen LogP contribution in [-0.4, -0.2) is 27.6 Å². The number of nitrogen functional groups attached to an aromatic ring is 1. The lowest BCUT2D eigenvalue weighted by molar-refractivity contribution is -0.137. The van der Waals surface area contributed by atoms with Gasteiger partial charge in [0.15, 0.2) is 0 Å². The zero-order chi connectivity index (χ0) is 23.2. The van der Waals surface area contributed by atoms with Crippen LogP contribution in [0, 0.1) is 6.92 Å². The third kappa shape index (κ3) is 4.09. The van der Waals surface area contributed by atoms with E-state index in [0.717, 1.165) is 38.1 Å². The van der Waals surface area contributed by atoms with Crippen molar-refractivity contribution in [3.05, 3.63) is 51.6 Å². The molecule has 170 valence electrons. The van der Waals surface area contributed by atoms with E-state index in [2.05, 4.69) is 15.3 Å². The first-order chi connectivity index (χ1) is 15.0. The molecule has 0 aliphatic carbocycles. The number of nitrogens with one attached hydrogen (secondary N) is 1. The molecule has 0 bridgehead atoms. The van der Waals surface area contributed by atoms with E-state index < -0.39 is 17.8 Å².